The van der Waals surface area contributed by atoms with Gasteiger partial charge in [0.15, 0.2) is 0 Å². The van der Waals surface area contributed by atoms with E-state index in [0.29, 0.717) is 12.2 Å². The molecule has 1 aromatic carbocycles. The maximum atomic E-state index is 13.1. The number of hydroxylamine groups is 2. The Labute approximate surface area is 147 Å². The lowest BCUT2D eigenvalue weighted by molar-refractivity contribution is -0.188. The van der Waals surface area contributed by atoms with Crippen LogP contribution in [0.2, 0.25) is 0 Å². The van der Waals surface area contributed by atoms with Crippen LogP contribution in [0.3, 0.4) is 0 Å². The lowest BCUT2D eigenvalue weighted by Crippen LogP contribution is -2.56. The Morgan fingerprint density at radius 1 is 1.40 bits per heavy atom. The van der Waals surface area contributed by atoms with Crippen molar-refractivity contribution < 1.29 is 19.5 Å². The highest BCUT2D eigenvalue weighted by Crippen LogP contribution is 2.55. The number of carboxylic acids is 1. The van der Waals surface area contributed by atoms with Gasteiger partial charge in [-0.25, -0.2) is 9.80 Å². The number of carbonyl (C=O) groups excluding carboxylic acids is 1. The molecule has 3 rings (SSSR count). The van der Waals surface area contributed by atoms with Gasteiger partial charge in [-0.1, -0.05) is 45.0 Å². The predicted octanol–water partition coefficient (Wildman–Crippen LogP) is 2.60. The molecule has 2 aliphatic rings. The third-order valence-electron chi connectivity index (χ3n) is 4.89. The van der Waals surface area contributed by atoms with E-state index in [-0.39, 0.29) is 24.6 Å². The van der Waals surface area contributed by atoms with Gasteiger partial charge in [0.2, 0.25) is 0 Å². The van der Waals surface area contributed by atoms with Crippen LogP contribution in [-0.4, -0.2) is 46.9 Å². The molecular formula is C18H23N3O4. The number of carboxylic acid groups (broad SMARTS) is 1. The number of anilines is 1. The molecule has 0 aromatic heterocycles. The average Bonchev–Trinajstić information content (AvgIpc) is 2.80. The molecule has 0 radical (unpaired) electrons. The quantitative estimate of drug-likeness (QED) is 0.831. The van der Waals surface area contributed by atoms with Crippen LogP contribution in [0.1, 0.15) is 26.3 Å². The van der Waals surface area contributed by atoms with E-state index in [1.54, 1.807) is 6.08 Å². The van der Waals surface area contributed by atoms with E-state index >= 15 is 0 Å². The summed E-state index contributed by atoms with van der Waals surface area (Å²) < 4.78 is 0. The van der Waals surface area contributed by atoms with E-state index in [1.807, 2.05) is 24.3 Å². The first-order valence-electron chi connectivity index (χ1n) is 8.18. The molecule has 1 aromatic rings. The van der Waals surface area contributed by atoms with E-state index in [2.05, 4.69) is 27.4 Å². The summed E-state index contributed by atoms with van der Waals surface area (Å²) in [6.45, 7) is 10.0. The van der Waals surface area contributed by atoms with Crippen LogP contribution in [0.15, 0.2) is 36.9 Å². The molecule has 134 valence electrons. The van der Waals surface area contributed by atoms with E-state index in [0.717, 1.165) is 5.56 Å². The average molecular weight is 345 g/mol. The molecule has 7 heteroatoms. The van der Waals surface area contributed by atoms with Gasteiger partial charge in [0.05, 0.1) is 18.8 Å². The first kappa shape index (κ1) is 17.3. The second kappa shape index (κ2) is 5.77. The smallest absolute Gasteiger partial charge is 0.363 e. The number of carbonyl (C=O) groups is 2. The molecule has 0 aliphatic carbocycles. The maximum Gasteiger partial charge on any atom is 0.363 e. The minimum absolute atomic E-state index is 0.193. The number of aliphatic carboxylic acids is 1. The molecule has 1 saturated heterocycles. The molecule has 2 bridgehead atoms. The largest absolute Gasteiger partial charge is 0.480 e. The van der Waals surface area contributed by atoms with Crippen molar-refractivity contribution in [2.24, 2.45) is 5.41 Å². The number of urea groups is 1. The van der Waals surface area contributed by atoms with E-state index in [9.17, 15) is 14.7 Å². The van der Waals surface area contributed by atoms with Crippen molar-refractivity contribution in [3.8, 4) is 0 Å². The fourth-order valence-corrected chi connectivity index (χ4v) is 3.72. The van der Waals surface area contributed by atoms with E-state index < -0.39 is 11.5 Å². The number of benzene rings is 1. The lowest BCUT2D eigenvalue weighted by Gasteiger charge is -2.49. The van der Waals surface area contributed by atoms with Crippen molar-refractivity contribution in [1.82, 2.24) is 10.1 Å². The number of hydrazine groups is 1. The monoisotopic (exact) mass is 345 g/mol. The Morgan fingerprint density at radius 2 is 2.08 bits per heavy atom. The van der Waals surface area contributed by atoms with Gasteiger partial charge < -0.3 is 5.11 Å². The minimum Gasteiger partial charge on any atom is -0.480 e. The summed E-state index contributed by atoms with van der Waals surface area (Å²) >= 11 is 0. The van der Waals surface area contributed by atoms with Crippen molar-refractivity contribution in [3.63, 3.8) is 0 Å². The Hall–Kier alpha value is -2.54. The Kier molecular flexibility index (Phi) is 3.99. The summed E-state index contributed by atoms with van der Waals surface area (Å²) in [5, 5.41) is 13.7. The van der Waals surface area contributed by atoms with Gasteiger partial charge in [0, 0.05) is 5.56 Å². The molecular weight excluding hydrogens is 322 g/mol. The fraction of sp³-hybridized carbons (Fsp3) is 0.444. The zero-order chi connectivity index (χ0) is 18.4. The number of hydrogen-bond donors (Lipinski definition) is 1. The molecule has 25 heavy (non-hydrogen) atoms. The number of para-hydroxylation sites is 1. The van der Waals surface area contributed by atoms with Crippen LogP contribution in [0.5, 0.6) is 0 Å². The van der Waals surface area contributed by atoms with Crippen molar-refractivity contribution in [3.05, 3.63) is 42.5 Å². The highest BCUT2D eigenvalue weighted by molar-refractivity contribution is 5.86. The van der Waals surface area contributed by atoms with E-state index in [4.69, 9.17) is 4.84 Å². The predicted molar refractivity (Wildman–Crippen MR) is 92.6 cm³/mol. The zero-order valence-electron chi connectivity index (χ0n) is 14.7. The van der Waals surface area contributed by atoms with Crippen LogP contribution in [-0.2, 0) is 15.2 Å². The topological polar surface area (TPSA) is 73.3 Å². The number of amides is 2. The van der Waals surface area contributed by atoms with Crippen LogP contribution < -0.4 is 5.01 Å². The molecule has 2 heterocycles. The maximum absolute atomic E-state index is 13.1. The van der Waals surface area contributed by atoms with Crippen molar-refractivity contribution in [2.45, 2.75) is 26.3 Å². The SMILES string of the molecule is C=CCON1C(=O)N2CC1(C(C)(C)C)c1ccccc1N2CC(=O)O. The molecule has 1 unspecified atom stereocenters. The van der Waals surface area contributed by atoms with Gasteiger partial charge in [-0.15, -0.1) is 6.58 Å². The number of fused-ring (bicyclic) bond motifs is 4. The molecule has 1 fully saturated rings. The Balaban J connectivity index is 2.23. The standard InChI is InChI=1S/C18H23N3O4/c1-5-10-25-21-16(24)20-12-18(21,17(2,3)4)13-8-6-7-9-14(13)19(20)11-15(22)23/h5-9H,1,10-12H2,2-4H3,(H,22,23). The number of hydrogen-bond acceptors (Lipinski definition) is 4. The molecule has 2 aliphatic heterocycles. The first-order chi connectivity index (χ1) is 11.7. The van der Waals surface area contributed by atoms with Crippen molar-refractivity contribution in [2.75, 3.05) is 24.7 Å². The molecule has 0 saturated carbocycles. The second-order valence-electron chi connectivity index (χ2n) is 7.30. The summed E-state index contributed by atoms with van der Waals surface area (Å²) in [5.74, 6) is -1.00. The van der Waals surface area contributed by atoms with Gasteiger partial charge in [0.1, 0.15) is 12.1 Å². The zero-order valence-corrected chi connectivity index (χ0v) is 14.7. The van der Waals surface area contributed by atoms with Gasteiger partial charge in [0.25, 0.3) is 0 Å². The third kappa shape index (κ3) is 2.38. The Morgan fingerprint density at radius 3 is 2.68 bits per heavy atom. The third-order valence-corrected chi connectivity index (χ3v) is 4.89. The van der Waals surface area contributed by atoms with Crippen molar-refractivity contribution >= 4 is 17.7 Å². The highest BCUT2D eigenvalue weighted by atomic mass is 16.7. The summed E-state index contributed by atoms with van der Waals surface area (Å²) in [7, 11) is 0. The molecule has 2 amide bonds. The molecule has 7 nitrogen and oxygen atoms in total. The van der Waals surface area contributed by atoms with Gasteiger partial charge in [-0.05, 0) is 11.5 Å². The highest BCUT2D eigenvalue weighted by Gasteiger charge is 2.63. The van der Waals surface area contributed by atoms with Gasteiger partial charge in [-0.2, -0.15) is 5.06 Å². The van der Waals surface area contributed by atoms with Crippen LogP contribution in [0, 0.1) is 5.41 Å². The summed E-state index contributed by atoms with van der Waals surface area (Å²) in [6, 6.07) is 7.16. The van der Waals surface area contributed by atoms with Crippen LogP contribution >= 0.6 is 0 Å². The van der Waals surface area contributed by atoms with Crippen LogP contribution in [0.25, 0.3) is 0 Å². The summed E-state index contributed by atoms with van der Waals surface area (Å²) in [4.78, 5) is 30.2. The summed E-state index contributed by atoms with van der Waals surface area (Å²) in [5.41, 5.74) is 0.530. The fourth-order valence-electron chi connectivity index (χ4n) is 3.72. The van der Waals surface area contributed by atoms with E-state index in [1.165, 1.54) is 15.1 Å². The summed E-state index contributed by atoms with van der Waals surface area (Å²) in [6.07, 6.45) is 1.59. The molecule has 1 N–H and O–H groups in total. The molecule has 0 spiro atoms. The second-order valence-corrected chi connectivity index (χ2v) is 7.30. The van der Waals surface area contributed by atoms with Gasteiger partial charge >= 0.3 is 12.0 Å². The van der Waals surface area contributed by atoms with Crippen LogP contribution in [0.4, 0.5) is 10.5 Å². The number of nitrogens with zero attached hydrogens (tertiary/aromatic N) is 3. The number of rotatable bonds is 5. The minimum atomic E-state index is -1.00. The first-order valence-corrected chi connectivity index (χ1v) is 8.18. The Bertz CT molecular complexity index is 727. The molecule has 1 atom stereocenters. The van der Waals surface area contributed by atoms with Crippen molar-refractivity contribution in [1.29, 1.82) is 0 Å². The normalized spacial score (nSPS) is 22.2. The van der Waals surface area contributed by atoms with Gasteiger partial charge in [-0.3, -0.25) is 14.6 Å². The lowest BCUT2D eigenvalue weighted by atomic mass is 9.68.